The predicted molar refractivity (Wildman–Crippen MR) is 76.2 cm³/mol. The summed E-state index contributed by atoms with van der Waals surface area (Å²) in [4.78, 5) is 11.2. The predicted octanol–water partition coefficient (Wildman–Crippen LogP) is 3.69. The number of hydrogen-bond acceptors (Lipinski definition) is 2. The molecule has 0 aliphatic carbocycles. The van der Waals surface area contributed by atoms with Gasteiger partial charge in [0.2, 0.25) is 0 Å². The fourth-order valence-corrected chi connectivity index (χ4v) is 2.31. The van der Waals surface area contributed by atoms with Crippen molar-refractivity contribution in [3.05, 3.63) is 52.5 Å². The number of hydrogen-bond donors (Lipinski definition) is 2. The van der Waals surface area contributed by atoms with Crippen molar-refractivity contribution < 1.29 is 9.90 Å². The first-order chi connectivity index (χ1) is 9.16. The quantitative estimate of drug-likeness (QED) is 0.757. The van der Waals surface area contributed by atoms with Crippen molar-refractivity contribution in [1.82, 2.24) is 10.2 Å². The summed E-state index contributed by atoms with van der Waals surface area (Å²) in [6.45, 7) is 0. The number of halogens is 1. The number of nitrogens with zero attached hydrogens (tertiary/aromatic N) is 1. The summed E-state index contributed by atoms with van der Waals surface area (Å²) in [5.74, 6) is -0.961. The smallest absolute Gasteiger partial charge is 0.337 e. The van der Waals surface area contributed by atoms with Crippen LogP contribution in [-0.2, 0) is 0 Å². The molecule has 0 bridgehead atoms. The Morgan fingerprint density at radius 3 is 2.58 bits per heavy atom. The first-order valence-corrected chi connectivity index (χ1v) is 6.42. The number of nitrogens with one attached hydrogen (secondary N) is 1. The van der Waals surface area contributed by atoms with Crippen molar-refractivity contribution in [2.24, 2.45) is 0 Å². The molecule has 0 aliphatic heterocycles. The number of carboxylic acid groups (broad SMARTS) is 1. The molecule has 3 rings (SSSR count). The van der Waals surface area contributed by atoms with E-state index >= 15 is 0 Å². The summed E-state index contributed by atoms with van der Waals surface area (Å²) in [6.07, 6.45) is 0. The van der Waals surface area contributed by atoms with E-state index in [0.717, 1.165) is 21.1 Å². The van der Waals surface area contributed by atoms with Gasteiger partial charge in [0.05, 0.1) is 16.8 Å². The van der Waals surface area contributed by atoms with Gasteiger partial charge in [0.1, 0.15) is 0 Å². The third-order valence-electron chi connectivity index (χ3n) is 2.95. The van der Waals surface area contributed by atoms with E-state index in [9.17, 15) is 4.79 Å². The molecule has 0 aliphatic rings. The zero-order valence-electron chi connectivity index (χ0n) is 9.72. The van der Waals surface area contributed by atoms with Gasteiger partial charge in [-0.25, -0.2) is 4.79 Å². The Balaban J connectivity index is 2.24. The Bertz CT molecular complexity index is 763. The van der Waals surface area contributed by atoms with E-state index in [4.69, 9.17) is 5.11 Å². The molecular formula is C14H9BrN2O2. The number of fused-ring (bicyclic) bond motifs is 1. The van der Waals surface area contributed by atoms with Crippen LogP contribution in [0.25, 0.3) is 22.2 Å². The molecule has 0 radical (unpaired) electrons. The van der Waals surface area contributed by atoms with Crippen LogP contribution in [0.2, 0.25) is 0 Å². The molecule has 1 aromatic heterocycles. The molecule has 3 aromatic rings. The minimum absolute atomic E-state index is 0.230. The van der Waals surface area contributed by atoms with Crippen molar-refractivity contribution in [3.63, 3.8) is 0 Å². The monoisotopic (exact) mass is 316 g/mol. The zero-order valence-corrected chi connectivity index (χ0v) is 11.3. The molecule has 0 fully saturated rings. The number of para-hydroxylation sites is 1. The van der Waals surface area contributed by atoms with Gasteiger partial charge in [-0.3, -0.25) is 5.10 Å². The lowest BCUT2D eigenvalue weighted by molar-refractivity contribution is 0.0699. The number of carbonyl (C=O) groups is 1. The molecule has 94 valence electrons. The van der Waals surface area contributed by atoms with Crippen molar-refractivity contribution in [2.45, 2.75) is 0 Å². The second-order valence-electron chi connectivity index (χ2n) is 4.11. The van der Waals surface area contributed by atoms with E-state index in [-0.39, 0.29) is 5.56 Å². The minimum Gasteiger partial charge on any atom is -0.478 e. The maximum atomic E-state index is 11.2. The van der Waals surface area contributed by atoms with Crippen molar-refractivity contribution in [3.8, 4) is 11.3 Å². The standard InChI is InChI=1S/C14H9BrN2O2/c15-9-6-4-8(5-7-9)12-10-2-1-3-11(14(18)19)13(10)17-16-12/h1-7H,(H,16,17)(H,18,19). The number of aromatic nitrogens is 2. The van der Waals surface area contributed by atoms with Gasteiger partial charge in [-0.2, -0.15) is 5.10 Å². The van der Waals surface area contributed by atoms with Crippen LogP contribution in [0.15, 0.2) is 46.9 Å². The summed E-state index contributed by atoms with van der Waals surface area (Å²) < 4.78 is 0.988. The first kappa shape index (κ1) is 11.9. The van der Waals surface area contributed by atoms with Crippen molar-refractivity contribution in [1.29, 1.82) is 0 Å². The molecule has 0 atom stereocenters. The second kappa shape index (κ2) is 4.51. The van der Waals surface area contributed by atoms with Crippen molar-refractivity contribution >= 4 is 32.8 Å². The zero-order chi connectivity index (χ0) is 13.4. The fraction of sp³-hybridized carbons (Fsp3) is 0. The van der Waals surface area contributed by atoms with E-state index in [1.54, 1.807) is 12.1 Å². The van der Waals surface area contributed by atoms with Gasteiger partial charge in [0, 0.05) is 15.4 Å². The van der Waals surface area contributed by atoms with Crippen LogP contribution in [-0.4, -0.2) is 21.3 Å². The molecule has 2 aromatic carbocycles. The number of H-pyrrole nitrogens is 1. The van der Waals surface area contributed by atoms with Crippen LogP contribution < -0.4 is 0 Å². The Labute approximate surface area is 117 Å². The Morgan fingerprint density at radius 2 is 1.89 bits per heavy atom. The topological polar surface area (TPSA) is 66.0 Å². The molecule has 1 heterocycles. The highest BCUT2D eigenvalue weighted by Gasteiger charge is 2.14. The van der Waals surface area contributed by atoms with Gasteiger partial charge in [0.25, 0.3) is 0 Å². The number of benzene rings is 2. The average Bonchev–Trinajstić information content (AvgIpc) is 2.83. The lowest BCUT2D eigenvalue weighted by Crippen LogP contribution is -1.96. The molecule has 2 N–H and O–H groups in total. The lowest BCUT2D eigenvalue weighted by atomic mass is 10.1. The van der Waals surface area contributed by atoms with E-state index < -0.39 is 5.97 Å². The van der Waals surface area contributed by atoms with Gasteiger partial charge in [0.15, 0.2) is 0 Å². The second-order valence-corrected chi connectivity index (χ2v) is 5.03. The summed E-state index contributed by atoms with van der Waals surface area (Å²) >= 11 is 3.38. The highest BCUT2D eigenvalue weighted by molar-refractivity contribution is 9.10. The first-order valence-electron chi connectivity index (χ1n) is 5.63. The van der Waals surface area contributed by atoms with Crippen LogP contribution in [0.4, 0.5) is 0 Å². The third-order valence-corrected chi connectivity index (χ3v) is 3.48. The van der Waals surface area contributed by atoms with Gasteiger partial charge in [-0.05, 0) is 18.2 Å². The molecule has 0 saturated heterocycles. The Hall–Kier alpha value is -2.14. The SMILES string of the molecule is O=C(O)c1cccc2c(-c3ccc(Br)cc3)n[nH]c12. The number of rotatable bonds is 2. The molecule has 19 heavy (non-hydrogen) atoms. The van der Waals surface area contributed by atoms with Gasteiger partial charge >= 0.3 is 5.97 Å². The van der Waals surface area contributed by atoms with E-state index in [0.29, 0.717) is 5.52 Å². The maximum Gasteiger partial charge on any atom is 0.337 e. The Morgan fingerprint density at radius 1 is 1.16 bits per heavy atom. The number of aromatic amines is 1. The van der Waals surface area contributed by atoms with Gasteiger partial charge in [-0.1, -0.05) is 40.2 Å². The molecule has 0 spiro atoms. The summed E-state index contributed by atoms with van der Waals surface area (Å²) in [5.41, 5.74) is 2.48. The fourth-order valence-electron chi connectivity index (χ4n) is 2.05. The van der Waals surface area contributed by atoms with E-state index in [2.05, 4.69) is 26.1 Å². The summed E-state index contributed by atoms with van der Waals surface area (Å²) in [5, 5.41) is 17.0. The highest BCUT2D eigenvalue weighted by Crippen LogP contribution is 2.28. The summed E-state index contributed by atoms with van der Waals surface area (Å²) in [6, 6.07) is 12.9. The highest BCUT2D eigenvalue weighted by atomic mass is 79.9. The van der Waals surface area contributed by atoms with Crippen LogP contribution in [0.5, 0.6) is 0 Å². The van der Waals surface area contributed by atoms with Crippen LogP contribution in [0.3, 0.4) is 0 Å². The molecule has 0 amide bonds. The molecule has 5 heteroatoms. The van der Waals surface area contributed by atoms with Crippen molar-refractivity contribution in [2.75, 3.05) is 0 Å². The van der Waals surface area contributed by atoms with Crippen LogP contribution in [0, 0.1) is 0 Å². The molecular weight excluding hydrogens is 308 g/mol. The molecule has 0 saturated carbocycles. The minimum atomic E-state index is -0.961. The Kier molecular flexibility index (Phi) is 2.83. The lowest BCUT2D eigenvalue weighted by Gasteiger charge is -1.99. The van der Waals surface area contributed by atoms with Crippen LogP contribution >= 0.6 is 15.9 Å². The van der Waals surface area contributed by atoms with E-state index in [1.165, 1.54) is 0 Å². The van der Waals surface area contributed by atoms with Gasteiger partial charge < -0.3 is 5.11 Å². The molecule has 4 nitrogen and oxygen atoms in total. The van der Waals surface area contributed by atoms with E-state index in [1.807, 2.05) is 30.3 Å². The molecule has 0 unspecified atom stereocenters. The number of carboxylic acids is 1. The van der Waals surface area contributed by atoms with Gasteiger partial charge in [-0.15, -0.1) is 0 Å². The largest absolute Gasteiger partial charge is 0.478 e. The maximum absolute atomic E-state index is 11.2. The summed E-state index contributed by atoms with van der Waals surface area (Å²) in [7, 11) is 0. The van der Waals surface area contributed by atoms with Crippen LogP contribution in [0.1, 0.15) is 10.4 Å². The number of aromatic carboxylic acids is 1. The normalized spacial score (nSPS) is 10.8. The third kappa shape index (κ3) is 2.02. The average molecular weight is 317 g/mol.